The monoisotopic (exact) mass is 528 g/mol. The number of fused-ring (bicyclic) bond motifs is 1. The van der Waals surface area contributed by atoms with Crippen LogP contribution >= 0.6 is 0 Å². The number of nitrogens with zero attached hydrogens (tertiary/aromatic N) is 2. The molecule has 3 heteroatoms. The van der Waals surface area contributed by atoms with E-state index in [1.807, 2.05) is 54.6 Å². The highest BCUT2D eigenvalue weighted by Crippen LogP contribution is 2.37. The molecule has 7 rings (SSSR count). The van der Waals surface area contributed by atoms with Gasteiger partial charge in [-0.15, -0.1) is 0 Å². The Bertz CT molecular complexity index is 1920. The third-order valence-electron chi connectivity index (χ3n) is 7.38. The second kappa shape index (κ2) is 10.6. The second-order valence-electron chi connectivity index (χ2n) is 9.99. The van der Waals surface area contributed by atoms with Crippen molar-refractivity contribution in [3.8, 4) is 56.2 Å². The van der Waals surface area contributed by atoms with Crippen LogP contribution in [0.4, 0.5) is 4.39 Å². The second-order valence-corrected chi connectivity index (χ2v) is 9.99. The predicted molar refractivity (Wildman–Crippen MR) is 167 cm³/mol. The minimum atomic E-state index is -0.233. The van der Waals surface area contributed by atoms with Crippen LogP contribution in [0, 0.1) is 5.82 Å². The summed E-state index contributed by atoms with van der Waals surface area (Å²) in [7, 11) is 0. The molecule has 0 N–H and O–H groups in total. The lowest BCUT2D eigenvalue weighted by Gasteiger charge is -2.14. The number of aromatic nitrogens is 2. The van der Waals surface area contributed by atoms with Crippen molar-refractivity contribution in [2.24, 2.45) is 0 Å². The van der Waals surface area contributed by atoms with E-state index in [1.165, 1.54) is 6.07 Å². The lowest BCUT2D eigenvalue weighted by Crippen LogP contribution is -1.96. The summed E-state index contributed by atoms with van der Waals surface area (Å²) in [6.45, 7) is 0. The maximum Gasteiger partial charge on any atom is 0.160 e. The van der Waals surface area contributed by atoms with Gasteiger partial charge in [-0.05, 0) is 51.2 Å². The molecule has 0 aliphatic carbocycles. The molecule has 0 saturated heterocycles. The normalized spacial score (nSPS) is 11.0. The van der Waals surface area contributed by atoms with Gasteiger partial charge in [-0.3, -0.25) is 0 Å². The van der Waals surface area contributed by atoms with Crippen molar-refractivity contribution in [3.05, 3.63) is 157 Å². The van der Waals surface area contributed by atoms with Crippen molar-refractivity contribution in [1.82, 2.24) is 9.97 Å². The summed E-state index contributed by atoms with van der Waals surface area (Å²) < 4.78 is 13.8. The molecule has 0 saturated carbocycles. The molecular formula is C38H25FN2. The fourth-order valence-corrected chi connectivity index (χ4v) is 5.34. The third kappa shape index (κ3) is 4.90. The first-order valence-electron chi connectivity index (χ1n) is 13.6. The van der Waals surface area contributed by atoms with Crippen LogP contribution in [0.3, 0.4) is 0 Å². The van der Waals surface area contributed by atoms with Crippen molar-refractivity contribution >= 4 is 10.8 Å². The minimum Gasteiger partial charge on any atom is -0.228 e. The summed E-state index contributed by atoms with van der Waals surface area (Å²) >= 11 is 0. The summed E-state index contributed by atoms with van der Waals surface area (Å²) in [4.78, 5) is 10.0. The fourth-order valence-electron chi connectivity index (χ4n) is 5.34. The Morgan fingerprint density at radius 1 is 0.366 bits per heavy atom. The van der Waals surface area contributed by atoms with Gasteiger partial charge >= 0.3 is 0 Å². The van der Waals surface area contributed by atoms with Gasteiger partial charge in [0.25, 0.3) is 0 Å². The first-order chi connectivity index (χ1) is 20.2. The van der Waals surface area contributed by atoms with Gasteiger partial charge in [0, 0.05) is 16.7 Å². The van der Waals surface area contributed by atoms with Crippen LogP contribution in [0.5, 0.6) is 0 Å². The van der Waals surface area contributed by atoms with Gasteiger partial charge in [-0.25, -0.2) is 14.4 Å². The van der Waals surface area contributed by atoms with Crippen molar-refractivity contribution in [2.45, 2.75) is 0 Å². The topological polar surface area (TPSA) is 25.8 Å². The average Bonchev–Trinajstić information content (AvgIpc) is 3.05. The van der Waals surface area contributed by atoms with Gasteiger partial charge in [-0.2, -0.15) is 0 Å². The lowest BCUT2D eigenvalue weighted by molar-refractivity contribution is 0.628. The maximum absolute atomic E-state index is 13.8. The van der Waals surface area contributed by atoms with E-state index in [0.29, 0.717) is 5.82 Å². The van der Waals surface area contributed by atoms with Crippen LogP contribution in [0.2, 0.25) is 0 Å². The molecule has 0 fully saturated rings. The predicted octanol–water partition coefficient (Wildman–Crippen LogP) is 10.1. The quantitative estimate of drug-likeness (QED) is 0.222. The zero-order valence-corrected chi connectivity index (χ0v) is 22.2. The van der Waals surface area contributed by atoms with Gasteiger partial charge in [0.1, 0.15) is 5.82 Å². The molecule has 194 valence electrons. The van der Waals surface area contributed by atoms with E-state index in [0.717, 1.165) is 61.1 Å². The summed E-state index contributed by atoms with van der Waals surface area (Å²) in [6, 6.07) is 50.2. The van der Waals surface area contributed by atoms with E-state index in [9.17, 15) is 4.39 Å². The molecule has 2 nitrogen and oxygen atoms in total. The van der Waals surface area contributed by atoms with Crippen LogP contribution in [0.1, 0.15) is 0 Å². The summed E-state index contributed by atoms with van der Waals surface area (Å²) in [5.41, 5.74) is 8.93. The number of halogens is 1. The third-order valence-corrected chi connectivity index (χ3v) is 7.38. The Hall–Kier alpha value is -5.41. The molecule has 1 aromatic heterocycles. The Morgan fingerprint density at radius 3 is 1.63 bits per heavy atom. The summed E-state index contributed by atoms with van der Waals surface area (Å²) in [5.74, 6) is 0.465. The van der Waals surface area contributed by atoms with Gasteiger partial charge in [0.2, 0.25) is 0 Å². The first-order valence-corrected chi connectivity index (χ1v) is 13.6. The van der Waals surface area contributed by atoms with E-state index in [1.54, 1.807) is 12.1 Å². The average molecular weight is 529 g/mol. The van der Waals surface area contributed by atoms with Gasteiger partial charge in [-0.1, -0.05) is 133 Å². The molecule has 0 spiro atoms. The molecule has 0 atom stereocenters. The largest absolute Gasteiger partial charge is 0.228 e. The molecular weight excluding hydrogens is 503 g/mol. The van der Waals surface area contributed by atoms with Crippen molar-refractivity contribution < 1.29 is 4.39 Å². The van der Waals surface area contributed by atoms with Crippen LogP contribution in [0.25, 0.3) is 66.9 Å². The molecule has 0 radical (unpaired) electrons. The highest BCUT2D eigenvalue weighted by atomic mass is 19.1. The van der Waals surface area contributed by atoms with Crippen molar-refractivity contribution in [1.29, 1.82) is 0 Å². The molecule has 0 bridgehead atoms. The standard InChI is InChI=1S/C38H25FN2/c39-31-15-9-14-30(24-31)26-18-20-27(21-19-26)32-22-23-35(34-17-8-7-16-33(32)34)37-25-36(28-10-3-1-4-11-28)40-38(41-37)29-12-5-2-6-13-29/h1-25H. The van der Waals surface area contributed by atoms with E-state index in [2.05, 4.69) is 78.9 Å². The SMILES string of the molecule is Fc1cccc(-c2ccc(-c3ccc(-c4cc(-c5ccccc5)nc(-c5ccccc5)n4)c4ccccc34)cc2)c1. The number of rotatable bonds is 5. The van der Waals surface area contributed by atoms with E-state index < -0.39 is 0 Å². The number of benzene rings is 6. The molecule has 41 heavy (non-hydrogen) atoms. The van der Waals surface area contributed by atoms with E-state index in [4.69, 9.17) is 9.97 Å². The van der Waals surface area contributed by atoms with Gasteiger partial charge in [0.15, 0.2) is 5.82 Å². The van der Waals surface area contributed by atoms with E-state index >= 15 is 0 Å². The van der Waals surface area contributed by atoms with Gasteiger partial charge < -0.3 is 0 Å². The fraction of sp³-hybridized carbons (Fsp3) is 0. The Balaban J connectivity index is 1.36. The van der Waals surface area contributed by atoms with Crippen molar-refractivity contribution in [2.75, 3.05) is 0 Å². The van der Waals surface area contributed by atoms with Crippen LogP contribution in [-0.2, 0) is 0 Å². The number of hydrogen-bond donors (Lipinski definition) is 0. The lowest BCUT2D eigenvalue weighted by atomic mass is 9.92. The highest BCUT2D eigenvalue weighted by molar-refractivity contribution is 6.04. The van der Waals surface area contributed by atoms with Gasteiger partial charge in [0.05, 0.1) is 11.4 Å². The van der Waals surface area contributed by atoms with Crippen LogP contribution in [0.15, 0.2) is 152 Å². The molecule has 6 aromatic carbocycles. The minimum absolute atomic E-state index is 0.233. The zero-order valence-electron chi connectivity index (χ0n) is 22.2. The summed E-state index contributed by atoms with van der Waals surface area (Å²) in [6.07, 6.45) is 0. The van der Waals surface area contributed by atoms with Crippen molar-refractivity contribution in [3.63, 3.8) is 0 Å². The van der Waals surface area contributed by atoms with E-state index in [-0.39, 0.29) is 5.82 Å². The number of hydrogen-bond acceptors (Lipinski definition) is 2. The molecule has 7 aromatic rings. The molecule has 0 aliphatic rings. The van der Waals surface area contributed by atoms with Crippen LogP contribution < -0.4 is 0 Å². The molecule has 1 heterocycles. The summed E-state index contributed by atoms with van der Waals surface area (Å²) in [5, 5.41) is 2.26. The molecule has 0 unspecified atom stereocenters. The smallest absolute Gasteiger partial charge is 0.160 e. The maximum atomic E-state index is 13.8. The zero-order chi connectivity index (χ0) is 27.6. The van der Waals surface area contributed by atoms with Crippen LogP contribution in [-0.4, -0.2) is 9.97 Å². The highest BCUT2D eigenvalue weighted by Gasteiger charge is 2.14. The first kappa shape index (κ1) is 24.6. The molecule has 0 aliphatic heterocycles. The Labute approximate surface area is 238 Å². The Kier molecular flexibility index (Phi) is 6.38. The molecule has 0 amide bonds. The Morgan fingerprint density at radius 2 is 0.927 bits per heavy atom.